The second-order valence-corrected chi connectivity index (χ2v) is 18.0. The molecule has 1 atom stereocenters. The van der Waals surface area contributed by atoms with Gasteiger partial charge in [0.1, 0.15) is 14.7 Å². The number of hydrogen-bond donors (Lipinski definition) is 0. The van der Waals surface area contributed by atoms with Gasteiger partial charge in [-0.1, -0.05) is 140 Å². The number of aromatic nitrogens is 3. The van der Waals surface area contributed by atoms with Crippen LogP contribution >= 0.6 is 11.3 Å². The van der Waals surface area contributed by atoms with Crippen LogP contribution in [0.2, 0.25) is 0 Å². The molecule has 10 aromatic rings. The average Bonchev–Trinajstić information content (AvgIpc) is 4.01. The van der Waals surface area contributed by atoms with E-state index in [2.05, 4.69) is 162 Å². The molecule has 5 aromatic carbocycles. The van der Waals surface area contributed by atoms with Crippen molar-refractivity contribution in [3.05, 3.63) is 168 Å². The molecule has 0 aliphatic heterocycles. The van der Waals surface area contributed by atoms with E-state index in [1.807, 2.05) is 17.9 Å². The van der Waals surface area contributed by atoms with Crippen LogP contribution < -0.4 is 10.4 Å². The van der Waals surface area contributed by atoms with Gasteiger partial charge in [0.25, 0.3) is 0 Å². The van der Waals surface area contributed by atoms with Crippen molar-refractivity contribution in [2.75, 3.05) is 0 Å². The van der Waals surface area contributed by atoms with Crippen molar-refractivity contribution in [3.8, 4) is 17.1 Å². The molecule has 0 saturated heterocycles. The first-order valence-corrected chi connectivity index (χ1v) is 20.3. The molecule has 0 spiro atoms. The summed E-state index contributed by atoms with van der Waals surface area (Å²) in [6.45, 7) is 4.55. The van der Waals surface area contributed by atoms with Crippen molar-refractivity contribution >= 4 is 73.6 Å². The maximum absolute atomic E-state index is 6.94. The average molecular weight is 916 g/mol. The van der Waals surface area contributed by atoms with Crippen LogP contribution in [-0.4, -0.2) is 22.9 Å². The Kier molecular flexibility index (Phi) is 7.70. The molecular weight excluding hydrogens is 884 g/mol. The van der Waals surface area contributed by atoms with E-state index in [-0.39, 0.29) is 33.3 Å². The Morgan fingerprint density at radius 1 is 0.796 bits per heavy atom. The van der Waals surface area contributed by atoms with E-state index in [0.29, 0.717) is 11.7 Å². The molecule has 1 unspecified atom stereocenters. The van der Waals surface area contributed by atoms with Crippen LogP contribution in [0.5, 0.6) is 0 Å². The van der Waals surface area contributed by atoms with Crippen LogP contribution in [0.1, 0.15) is 41.8 Å². The molecule has 54 heavy (non-hydrogen) atoms. The quantitative estimate of drug-likeness (QED) is 0.128. The summed E-state index contributed by atoms with van der Waals surface area (Å²) >= 11 is 1.73. The molecule has 11 rings (SSSR count). The van der Waals surface area contributed by atoms with Crippen molar-refractivity contribution in [1.82, 2.24) is 14.1 Å². The number of aryl methyl sites for hydroxylation is 1. The zero-order valence-electron chi connectivity index (χ0n) is 29.6. The first-order valence-electron chi connectivity index (χ1n) is 17.9. The molecule has 2 radical (unpaired) electrons. The number of para-hydroxylation sites is 1. The van der Waals surface area contributed by atoms with Gasteiger partial charge in [0, 0.05) is 52.3 Å². The fourth-order valence-corrected chi connectivity index (χ4v) is 12.8. The molecule has 5 heterocycles. The first kappa shape index (κ1) is 33.4. The van der Waals surface area contributed by atoms with Gasteiger partial charge < -0.3 is 18.0 Å². The van der Waals surface area contributed by atoms with Crippen molar-refractivity contribution in [2.45, 2.75) is 24.8 Å². The minimum absolute atomic E-state index is 0. The molecule has 0 fully saturated rings. The number of rotatable bonds is 5. The summed E-state index contributed by atoms with van der Waals surface area (Å²) < 4.78 is 19.1. The van der Waals surface area contributed by atoms with Crippen molar-refractivity contribution in [3.63, 3.8) is 0 Å². The normalized spacial score (nSPS) is 14.9. The summed E-state index contributed by atoms with van der Waals surface area (Å²) in [7, 11) is 0.565. The Morgan fingerprint density at radius 3 is 2.24 bits per heavy atom. The molecule has 1 aliphatic rings. The van der Waals surface area contributed by atoms with Crippen LogP contribution in [0.4, 0.5) is 0 Å². The van der Waals surface area contributed by atoms with E-state index in [0.717, 1.165) is 49.6 Å². The van der Waals surface area contributed by atoms with Gasteiger partial charge in [0.15, 0.2) is 5.78 Å². The van der Waals surface area contributed by atoms with Crippen LogP contribution in [-0.2, 0) is 34.8 Å². The van der Waals surface area contributed by atoms with Crippen molar-refractivity contribution in [1.29, 1.82) is 0 Å². The zero-order chi connectivity index (χ0) is 35.4. The van der Waals surface area contributed by atoms with Gasteiger partial charge in [-0.3, -0.25) is 0 Å². The van der Waals surface area contributed by atoms with Crippen LogP contribution in [0.15, 0.2) is 142 Å². The number of benzene rings is 5. The van der Waals surface area contributed by atoms with Crippen molar-refractivity contribution in [2.24, 2.45) is 7.05 Å². The third-order valence-electron chi connectivity index (χ3n) is 11.0. The molecule has 0 saturated carbocycles. The summed E-state index contributed by atoms with van der Waals surface area (Å²) in [5.41, 5.74) is 7.51. The molecular formula is C46H32AuN3O2SSi-2. The van der Waals surface area contributed by atoms with Crippen LogP contribution in [0, 0.1) is 12.1 Å². The molecule has 266 valence electrons. The smallest absolute Gasteiger partial charge is 0.179 e. The first-order chi connectivity index (χ1) is 26.0. The van der Waals surface area contributed by atoms with Crippen LogP contribution in [0.3, 0.4) is 0 Å². The molecule has 8 heteroatoms. The predicted octanol–water partition coefficient (Wildman–Crippen LogP) is 9.96. The minimum Gasteiger partial charge on any atom is -0.500 e. The fraction of sp³-hybridized carbons (Fsp3) is 0.109. The monoisotopic (exact) mass is 915 g/mol. The van der Waals surface area contributed by atoms with Gasteiger partial charge in [0.05, 0.1) is 12.1 Å². The van der Waals surface area contributed by atoms with E-state index < -0.39 is 8.80 Å². The Morgan fingerprint density at radius 2 is 1.50 bits per heavy atom. The summed E-state index contributed by atoms with van der Waals surface area (Å²) in [6.07, 6.45) is 3.90. The molecule has 5 aromatic heterocycles. The maximum Gasteiger partial charge on any atom is 0.179 e. The molecule has 0 N–H and O–H groups in total. The largest absolute Gasteiger partial charge is 0.500 e. The number of thiophene rings is 1. The Hall–Kier alpha value is -5.15. The number of nitrogens with zero attached hydrogens (tertiary/aromatic N) is 3. The van der Waals surface area contributed by atoms with Gasteiger partial charge in [-0.15, -0.1) is 29.0 Å². The molecule has 5 nitrogen and oxygen atoms in total. The standard InChI is InChI=1S/C46H32N3O2SSi.Au/c1-46(2)36-20-12-10-19-31(36)43(53(28-14-6-4-7-15-28)29-16-8-5-9-17-29)42-34-24-41(50-45(34)51-44(42)46)49-38-21-13-11-18-30(38)32-23-40-33(22-39(32)49)35(26-52-40)37-25-48(3)27-47-37;/h4-21,23,25-27,43H,1-3H3;/q-2;. The van der Waals surface area contributed by atoms with Gasteiger partial charge in [-0.05, 0) is 47.5 Å². The van der Waals surface area contributed by atoms with Crippen LogP contribution in [0.25, 0.3) is 60.2 Å². The van der Waals surface area contributed by atoms with Gasteiger partial charge in [-0.2, -0.15) is 0 Å². The van der Waals surface area contributed by atoms with E-state index >= 15 is 0 Å². The SMILES string of the molecule is Cn1cnc(-c2csc3cc4c5ccccc5n(-c5[c-]c6c7c(oc6o5)C(C)(C)c5ccccc5C7[Si](c5ccccc5)c5ccccc5)c4[c-]c23)c1.[Au]. The molecule has 1 aliphatic carbocycles. The summed E-state index contributed by atoms with van der Waals surface area (Å²) in [6, 6.07) is 49.4. The topological polar surface area (TPSA) is 49.0 Å². The summed E-state index contributed by atoms with van der Waals surface area (Å²) in [4.78, 5) is 4.68. The third kappa shape index (κ3) is 4.83. The number of hydrogen-bond acceptors (Lipinski definition) is 4. The van der Waals surface area contributed by atoms with Gasteiger partial charge in [-0.25, -0.2) is 16.3 Å². The minimum atomic E-state index is -1.43. The number of furan rings is 2. The molecule has 0 amide bonds. The van der Waals surface area contributed by atoms with E-state index in [1.54, 1.807) is 11.3 Å². The third-order valence-corrected chi connectivity index (χ3v) is 15.0. The Bertz CT molecular complexity index is 2980. The predicted molar refractivity (Wildman–Crippen MR) is 216 cm³/mol. The second kappa shape index (κ2) is 12.4. The fourth-order valence-electron chi connectivity index (χ4n) is 8.65. The number of imidazole rings is 1. The maximum atomic E-state index is 6.94. The van der Waals surface area contributed by atoms with E-state index in [1.165, 1.54) is 31.8 Å². The summed E-state index contributed by atoms with van der Waals surface area (Å²) in [5, 5.41) is 9.12. The van der Waals surface area contributed by atoms with E-state index in [4.69, 9.17) is 8.83 Å². The Balaban J connectivity index is 0.00000361. The second-order valence-electron chi connectivity index (χ2n) is 14.5. The van der Waals surface area contributed by atoms with Crippen molar-refractivity contribution < 1.29 is 31.2 Å². The zero-order valence-corrected chi connectivity index (χ0v) is 33.6. The summed E-state index contributed by atoms with van der Waals surface area (Å²) in [5.74, 6) is 2.07. The van der Waals surface area contributed by atoms with Gasteiger partial charge in [0.2, 0.25) is 0 Å². The number of fused-ring (bicyclic) bond motifs is 8. The molecule has 0 bridgehead atoms. The Labute approximate surface area is 333 Å². The van der Waals surface area contributed by atoms with E-state index in [9.17, 15) is 0 Å². The van der Waals surface area contributed by atoms with Gasteiger partial charge >= 0.3 is 0 Å².